The van der Waals surface area contributed by atoms with Crippen molar-refractivity contribution < 1.29 is 22.8 Å². The van der Waals surface area contributed by atoms with Gasteiger partial charge in [0, 0.05) is 24.8 Å². The highest BCUT2D eigenvalue weighted by Gasteiger charge is 2.42. The molecule has 3 nitrogen and oxygen atoms in total. The van der Waals surface area contributed by atoms with Gasteiger partial charge in [0.05, 0.1) is 0 Å². The van der Waals surface area contributed by atoms with Crippen LogP contribution < -0.4 is 5.32 Å². The zero-order valence-electron chi connectivity index (χ0n) is 12.5. The number of nitrogens with one attached hydrogen (secondary N) is 1. The molecule has 2 aliphatic rings. The number of allylic oxidation sites excluding steroid dienone is 3. The van der Waals surface area contributed by atoms with Crippen LogP contribution in [-0.2, 0) is 9.59 Å². The maximum absolute atomic E-state index is 12.4. The van der Waals surface area contributed by atoms with Crippen LogP contribution in [0.5, 0.6) is 0 Å². The first kappa shape index (κ1) is 16.8. The standard InChI is InChI=1S/C16H20F3NO2/c1-11-2-4-12(5-3-11)15(8-6-13(21)7-9-15)10-20-14(22)16(17,18)19/h2,4-5,11H,3,6-10H2,1H3,(H,20,22). The Balaban J connectivity index is 2.15. The molecule has 1 unspecified atom stereocenters. The lowest BCUT2D eigenvalue weighted by Gasteiger charge is -2.39. The van der Waals surface area contributed by atoms with E-state index in [1.807, 2.05) is 23.5 Å². The summed E-state index contributed by atoms with van der Waals surface area (Å²) in [5.74, 6) is -1.39. The highest BCUT2D eigenvalue weighted by Crippen LogP contribution is 2.43. The summed E-state index contributed by atoms with van der Waals surface area (Å²) in [5, 5.41) is 2.01. The fourth-order valence-corrected chi connectivity index (χ4v) is 3.05. The topological polar surface area (TPSA) is 46.2 Å². The van der Waals surface area contributed by atoms with Gasteiger partial charge in [0.1, 0.15) is 5.78 Å². The molecule has 22 heavy (non-hydrogen) atoms. The Bertz CT molecular complexity index is 510. The summed E-state index contributed by atoms with van der Waals surface area (Å²) < 4.78 is 37.2. The molecule has 0 saturated heterocycles. The van der Waals surface area contributed by atoms with E-state index in [9.17, 15) is 22.8 Å². The maximum atomic E-state index is 12.4. The van der Waals surface area contributed by atoms with Crippen molar-refractivity contribution in [2.24, 2.45) is 11.3 Å². The van der Waals surface area contributed by atoms with E-state index in [4.69, 9.17) is 0 Å². The van der Waals surface area contributed by atoms with Crippen LogP contribution in [0.3, 0.4) is 0 Å². The average Bonchev–Trinajstić information content (AvgIpc) is 2.46. The molecular formula is C16H20F3NO2. The predicted molar refractivity (Wildman–Crippen MR) is 76.0 cm³/mol. The molecule has 6 heteroatoms. The van der Waals surface area contributed by atoms with Crippen LogP contribution in [0, 0.1) is 11.3 Å². The number of hydrogen-bond donors (Lipinski definition) is 1. The molecule has 0 aromatic heterocycles. The second-order valence-corrected chi connectivity index (χ2v) is 6.23. The molecule has 0 spiro atoms. The van der Waals surface area contributed by atoms with Gasteiger partial charge in [-0.25, -0.2) is 0 Å². The van der Waals surface area contributed by atoms with Gasteiger partial charge >= 0.3 is 12.1 Å². The Kier molecular flexibility index (Phi) is 4.78. The lowest BCUT2D eigenvalue weighted by molar-refractivity contribution is -0.174. The molecule has 2 rings (SSSR count). The number of ketones is 1. The number of rotatable bonds is 3. The Morgan fingerprint density at radius 2 is 2.00 bits per heavy atom. The molecule has 122 valence electrons. The van der Waals surface area contributed by atoms with Crippen molar-refractivity contribution in [3.8, 4) is 0 Å². The van der Waals surface area contributed by atoms with E-state index in [0.717, 1.165) is 12.0 Å². The van der Waals surface area contributed by atoms with Gasteiger partial charge in [0.25, 0.3) is 0 Å². The zero-order chi connectivity index (χ0) is 16.4. The molecule has 0 aromatic carbocycles. The number of carbonyl (C=O) groups excluding carboxylic acids is 2. The maximum Gasteiger partial charge on any atom is 0.471 e. The quantitative estimate of drug-likeness (QED) is 0.868. The third-order valence-corrected chi connectivity index (χ3v) is 4.54. The van der Waals surface area contributed by atoms with Crippen molar-refractivity contribution in [2.45, 2.75) is 45.2 Å². The molecular weight excluding hydrogens is 295 g/mol. The minimum absolute atomic E-state index is 0.0802. The highest BCUT2D eigenvalue weighted by molar-refractivity contribution is 5.82. The number of amides is 1. The number of carbonyl (C=O) groups is 2. The zero-order valence-corrected chi connectivity index (χ0v) is 12.5. The lowest BCUT2D eigenvalue weighted by Crippen LogP contribution is -2.45. The number of alkyl halides is 3. The summed E-state index contributed by atoms with van der Waals surface area (Å²) in [6, 6.07) is 0. The van der Waals surface area contributed by atoms with E-state index in [1.165, 1.54) is 0 Å². The van der Waals surface area contributed by atoms with Gasteiger partial charge in [-0.15, -0.1) is 0 Å². The molecule has 1 fully saturated rings. The fourth-order valence-electron chi connectivity index (χ4n) is 3.05. The van der Waals surface area contributed by atoms with Gasteiger partial charge in [-0.2, -0.15) is 13.2 Å². The van der Waals surface area contributed by atoms with E-state index in [2.05, 4.69) is 6.92 Å². The Hall–Kier alpha value is -1.59. The van der Waals surface area contributed by atoms with Crippen LogP contribution in [0.2, 0.25) is 0 Å². The Labute approximate surface area is 127 Å². The van der Waals surface area contributed by atoms with E-state index >= 15 is 0 Å². The smallest absolute Gasteiger partial charge is 0.347 e. The number of Topliss-reactive ketones (excluding diaryl/α,β-unsaturated/α-hetero) is 1. The van der Waals surface area contributed by atoms with Gasteiger partial charge in [0.15, 0.2) is 0 Å². The number of hydrogen-bond acceptors (Lipinski definition) is 2. The van der Waals surface area contributed by atoms with Crippen molar-refractivity contribution in [3.63, 3.8) is 0 Å². The van der Waals surface area contributed by atoms with Gasteiger partial charge in [-0.05, 0) is 30.8 Å². The second-order valence-electron chi connectivity index (χ2n) is 6.23. The summed E-state index contributed by atoms with van der Waals surface area (Å²) in [6.45, 7) is 1.98. The molecule has 0 aliphatic heterocycles. The highest BCUT2D eigenvalue weighted by atomic mass is 19.4. The van der Waals surface area contributed by atoms with Crippen LogP contribution in [0.25, 0.3) is 0 Å². The van der Waals surface area contributed by atoms with Crippen molar-refractivity contribution in [1.82, 2.24) is 5.32 Å². The molecule has 1 atom stereocenters. The normalized spacial score (nSPS) is 24.8. The van der Waals surface area contributed by atoms with E-state index in [0.29, 0.717) is 31.6 Å². The van der Waals surface area contributed by atoms with E-state index < -0.39 is 17.5 Å². The summed E-state index contributed by atoms with van der Waals surface area (Å²) in [4.78, 5) is 22.6. The molecule has 1 amide bonds. The first-order valence-electron chi connectivity index (χ1n) is 7.48. The van der Waals surface area contributed by atoms with Gasteiger partial charge in [-0.3, -0.25) is 9.59 Å². The molecule has 1 saturated carbocycles. The van der Waals surface area contributed by atoms with Crippen molar-refractivity contribution in [3.05, 3.63) is 23.8 Å². The van der Waals surface area contributed by atoms with E-state index in [-0.39, 0.29) is 12.3 Å². The summed E-state index contributed by atoms with van der Waals surface area (Å²) in [6.07, 6.45) is 3.60. The van der Waals surface area contributed by atoms with Crippen LogP contribution in [-0.4, -0.2) is 24.4 Å². The third-order valence-electron chi connectivity index (χ3n) is 4.54. The van der Waals surface area contributed by atoms with Gasteiger partial charge in [0.2, 0.25) is 0 Å². The minimum atomic E-state index is -4.88. The second kappa shape index (κ2) is 6.26. The molecule has 0 aromatic rings. The van der Waals surface area contributed by atoms with Gasteiger partial charge in [-0.1, -0.05) is 25.2 Å². The summed E-state index contributed by atoms with van der Waals surface area (Å²) in [7, 11) is 0. The van der Waals surface area contributed by atoms with Crippen molar-refractivity contribution >= 4 is 11.7 Å². The van der Waals surface area contributed by atoms with Crippen LogP contribution in [0.4, 0.5) is 13.2 Å². The summed E-state index contributed by atoms with van der Waals surface area (Å²) >= 11 is 0. The first-order valence-corrected chi connectivity index (χ1v) is 7.48. The Morgan fingerprint density at radius 1 is 1.36 bits per heavy atom. The Morgan fingerprint density at radius 3 is 2.50 bits per heavy atom. The SMILES string of the molecule is CC1C=CC(C2(CNC(=O)C(F)(F)F)CCC(=O)CC2)=CC1. The molecule has 0 bridgehead atoms. The van der Waals surface area contributed by atoms with Crippen LogP contribution in [0.1, 0.15) is 39.0 Å². The van der Waals surface area contributed by atoms with E-state index in [1.54, 1.807) is 0 Å². The predicted octanol–water partition coefficient (Wildman–Crippen LogP) is 3.32. The molecule has 0 heterocycles. The average molecular weight is 315 g/mol. The minimum Gasteiger partial charge on any atom is -0.347 e. The number of halogens is 3. The summed E-state index contributed by atoms with van der Waals surface area (Å²) in [5.41, 5.74) is 0.381. The van der Waals surface area contributed by atoms with Crippen LogP contribution >= 0.6 is 0 Å². The third kappa shape index (κ3) is 3.78. The molecule has 0 radical (unpaired) electrons. The van der Waals surface area contributed by atoms with Crippen molar-refractivity contribution in [2.75, 3.05) is 6.54 Å². The van der Waals surface area contributed by atoms with Crippen molar-refractivity contribution in [1.29, 1.82) is 0 Å². The monoisotopic (exact) mass is 315 g/mol. The van der Waals surface area contributed by atoms with Gasteiger partial charge < -0.3 is 5.32 Å². The first-order chi connectivity index (χ1) is 10.2. The fraction of sp³-hybridized carbons (Fsp3) is 0.625. The largest absolute Gasteiger partial charge is 0.471 e. The lowest BCUT2D eigenvalue weighted by atomic mass is 9.67. The van der Waals surface area contributed by atoms with Crippen LogP contribution in [0.15, 0.2) is 23.8 Å². The molecule has 2 aliphatic carbocycles. The molecule has 1 N–H and O–H groups in total.